The SMILES string of the molecule is COc1cc(OC)c(C(=O)OCC(=O)Nc2sc3c(c2C#N)CCCC3)cc1OC. The molecule has 8 nitrogen and oxygen atoms in total. The van der Waals surface area contributed by atoms with Crippen molar-refractivity contribution < 1.29 is 28.5 Å². The number of methoxy groups -OCH3 is 3. The number of carbonyl (C=O) groups is 2. The summed E-state index contributed by atoms with van der Waals surface area (Å²) in [5.74, 6) is -0.297. The first-order chi connectivity index (χ1) is 14.5. The van der Waals surface area contributed by atoms with Crippen molar-refractivity contribution >= 4 is 28.2 Å². The van der Waals surface area contributed by atoms with Crippen LogP contribution in [0.4, 0.5) is 5.00 Å². The molecule has 1 aliphatic carbocycles. The molecule has 1 aromatic heterocycles. The molecule has 158 valence electrons. The molecular formula is C21H22N2O6S. The van der Waals surface area contributed by atoms with Gasteiger partial charge in [-0.3, -0.25) is 4.79 Å². The van der Waals surface area contributed by atoms with E-state index in [0.717, 1.165) is 36.1 Å². The summed E-state index contributed by atoms with van der Waals surface area (Å²) < 4.78 is 20.8. The molecule has 1 amide bonds. The fourth-order valence-corrected chi connectivity index (χ4v) is 4.59. The summed E-state index contributed by atoms with van der Waals surface area (Å²) in [6, 6.07) is 5.12. The second-order valence-electron chi connectivity index (χ2n) is 6.56. The Kier molecular flexibility index (Phi) is 6.79. The lowest BCUT2D eigenvalue weighted by atomic mass is 9.96. The molecular weight excluding hydrogens is 408 g/mol. The number of rotatable bonds is 7. The number of ether oxygens (including phenoxy) is 4. The van der Waals surface area contributed by atoms with Crippen LogP contribution in [0.25, 0.3) is 0 Å². The van der Waals surface area contributed by atoms with Gasteiger partial charge in [-0.15, -0.1) is 11.3 Å². The number of amides is 1. The van der Waals surface area contributed by atoms with Crippen molar-refractivity contribution in [1.82, 2.24) is 0 Å². The van der Waals surface area contributed by atoms with Crippen molar-refractivity contribution in [1.29, 1.82) is 5.26 Å². The first kappa shape index (κ1) is 21.5. The van der Waals surface area contributed by atoms with Crippen LogP contribution in [0.15, 0.2) is 12.1 Å². The van der Waals surface area contributed by atoms with Gasteiger partial charge >= 0.3 is 5.97 Å². The molecule has 1 aliphatic rings. The van der Waals surface area contributed by atoms with Gasteiger partial charge in [0.1, 0.15) is 22.4 Å². The number of nitrogens with one attached hydrogen (secondary N) is 1. The highest BCUT2D eigenvalue weighted by molar-refractivity contribution is 7.16. The van der Waals surface area contributed by atoms with Crippen LogP contribution < -0.4 is 19.5 Å². The Bertz CT molecular complexity index is 1010. The van der Waals surface area contributed by atoms with Crippen LogP contribution in [0, 0.1) is 11.3 Å². The van der Waals surface area contributed by atoms with Gasteiger partial charge in [-0.2, -0.15) is 5.26 Å². The first-order valence-electron chi connectivity index (χ1n) is 9.34. The van der Waals surface area contributed by atoms with Crippen LogP contribution in [-0.4, -0.2) is 39.8 Å². The number of esters is 1. The maximum absolute atomic E-state index is 12.5. The van der Waals surface area contributed by atoms with Gasteiger partial charge in [-0.05, 0) is 31.2 Å². The van der Waals surface area contributed by atoms with Gasteiger partial charge in [0.2, 0.25) is 0 Å². The lowest BCUT2D eigenvalue weighted by molar-refractivity contribution is -0.119. The number of fused-ring (bicyclic) bond motifs is 1. The standard InChI is InChI=1S/C21H22N2O6S/c1-26-15-9-17(28-3)16(27-2)8-13(15)21(25)29-11-19(24)23-20-14(10-22)12-6-4-5-7-18(12)30-20/h8-9H,4-7,11H2,1-3H3,(H,23,24). The molecule has 0 bridgehead atoms. The van der Waals surface area contributed by atoms with E-state index >= 15 is 0 Å². The maximum atomic E-state index is 12.5. The Morgan fingerprint density at radius 2 is 1.73 bits per heavy atom. The van der Waals surface area contributed by atoms with Gasteiger partial charge in [0.05, 0.1) is 26.9 Å². The molecule has 0 aliphatic heterocycles. The number of nitriles is 1. The summed E-state index contributed by atoms with van der Waals surface area (Å²) in [5, 5.41) is 12.7. The van der Waals surface area contributed by atoms with Crippen molar-refractivity contribution in [3.8, 4) is 23.3 Å². The molecule has 3 rings (SSSR count). The van der Waals surface area contributed by atoms with E-state index in [0.29, 0.717) is 22.1 Å². The van der Waals surface area contributed by atoms with Crippen molar-refractivity contribution in [3.63, 3.8) is 0 Å². The molecule has 1 aromatic carbocycles. The zero-order valence-corrected chi connectivity index (χ0v) is 17.8. The highest BCUT2D eigenvalue weighted by Crippen LogP contribution is 2.38. The highest BCUT2D eigenvalue weighted by Gasteiger charge is 2.23. The molecule has 0 radical (unpaired) electrons. The zero-order valence-electron chi connectivity index (χ0n) is 17.0. The predicted molar refractivity (Wildman–Crippen MR) is 111 cm³/mol. The average molecular weight is 430 g/mol. The van der Waals surface area contributed by atoms with E-state index in [1.54, 1.807) is 0 Å². The van der Waals surface area contributed by atoms with E-state index in [1.165, 1.54) is 44.8 Å². The molecule has 0 spiro atoms. The summed E-state index contributed by atoms with van der Waals surface area (Å²) in [7, 11) is 4.32. The number of anilines is 1. The van der Waals surface area contributed by atoms with Crippen LogP contribution in [-0.2, 0) is 22.4 Å². The Labute approximate surface area is 178 Å². The molecule has 2 aromatic rings. The van der Waals surface area contributed by atoms with Crippen LogP contribution in [0.2, 0.25) is 0 Å². The molecule has 0 unspecified atom stereocenters. The van der Waals surface area contributed by atoms with Gasteiger partial charge in [0, 0.05) is 17.0 Å². The van der Waals surface area contributed by atoms with E-state index in [9.17, 15) is 14.9 Å². The molecule has 0 saturated heterocycles. The lowest BCUT2D eigenvalue weighted by Gasteiger charge is -2.13. The molecule has 0 saturated carbocycles. The zero-order chi connectivity index (χ0) is 21.7. The third kappa shape index (κ3) is 4.33. The second-order valence-corrected chi connectivity index (χ2v) is 7.66. The minimum absolute atomic E-state index is 0.104. The maximum Gasteiger partial charge on any atom is 0.342 e. The topological polar surface area (TPSA) is 107 Å². The summed E-state index contributed by atoms with van der Waals surface area (Å²) in [6.07, 6.45) is 3.88. The number of hydrogen-bond acceptors (Lipinski definition) is 8. The van der Waals surface area contributed by atoms with E-state index in [1.807, 2.05) is 0 Å². The number of nitrogens with zero attached hydrogens (tertiary/aromatic N) is 1. The molecule has 0 atom stereocenters. The second kappa shape index (κ2) is 9.50. The number of hydrogen-bond donors (Lipinski definition) is 1. The van der Waals surface area contributed by atoms with Gasteiger partial charge in [0.15, 0.2) is 18.1 Å². The van der Waals surface area contributed by atoms with Crippen LogP contribution in [0.5, 0.6) is 17.2 Å². The van der Waals surface area contributed by atoms with E-state index < -0.39 is 18.5 Å². The summed E-state index contributed by atoms with van der Waals surface area (Å²) in [5.41, 5.74) is 1.64. The first-order valence-corrected chi connectivity index (χ1v) is 10.2. The van der Waals surface area contributed by atoms with Gasteiger partial charge in [0.25, 0.3) is 5.91 Å². The van der Waals surface area contributed by atoms with Gasteiger partial charge in [-0.25, -0.2) is 4.79 Å². The summed E-state index contributed by atoms with van der Waals surface area (Å²) in [4.78, 5) is 26.0. The molecule has 30 heavy (non-hydrogen) atoms. The number of carbonyl (C=O) groups excluding carboxylic acids is 2. The minimum atomic E-state index is -0.742. The van der Waals surface area contributed by atoms with Crippen molar-refractivity contribution in [3.05, 3.63) is 33.7 Å². The highest BCUT2D eigenvalue weighted by atomic mass is 32.1. The number of aryl methyl sites for hydroxylation is 1. The van der Waals surface area contributed by atoms with Crippen molar-refractivity contribution in [2.45, 2.75) is 25.7 Å². The van der Waals surface area contributed by atoms with Crippen molar-refractivity contribution in [2.75, 3.05) is 33.3 Å². The largest absolute Gasteiger partial charge is 0.496 e. The predicted octanol–water partition coefficient (Wildman–Crippen LogP) is 3.32. The average Bonchev–Trinajstić information content (AvgIpc) is 3.13. The Morgan fingerprint density at radius 3 is 2.40 bits per heavy atom. The smallest absolute Gasteiger partial charge is 0.342 e. The molecule has 9 heteroatoms. The van der Waals surface area contributed by atoms with Crippen LogP contribution in [0.3, 0.4) is 0 Å². The Morgan fingerprint density at radius 1 is 1.07 bits per heavy atom. The van der Waals surface area contributed by atoms with Gasteiger partial charge in [-0.1, -0.05) is 0 Å². The third-order valence-corrected chi connectivity index (χ3v) is 6.00. The van der Waals surface area contributed by atoms with Crippen molar-refractivity contribution in [2.24, 2.45) is 0 Å². The summed E-state index contributed by atoms with van der Waals surface area (Å²) >= 11 is 1.42. The fraction of sp³-hybridized carbons (Fsp3) is 0.381. The third-order valence-electron chi connectivity index (χ3n) is 4.80. The monoisotopic (exact) mass is 430 g/mol. The van der Waals surface area contributed by atoms with E-state index in [4.69, 9.17) is 18.9 Å². The van der Waals surface area contributed by atoms with Crippen LogP contribution >= 0.6 is 11.3 Å². The normalized spacial score (nSPS) is 12.3. The Balaban J connectivity index is 1.69. The molecule has 1 N–H and O–H groups in total. The number of benzene rings is 1. The fourth-order valence-electron chi connectivity index (χ4n) is 3.33. The molecule has 0 fully saturated rings. The minimum Gasteiger partial charge on any atom is -0.496 e. The molecule has 1 heterocycles. The number of thiophene rings is 1. The quantitative estimate of drug-likeness (QED) is 0.672. The van der Waals surface area contributed by atoms with Crippen LogP contribution in [0.1, 0.15) is 39.2 Å². The lowest BCUT2D eigenvalue weighted by Crippen LogP contribution is -2.21. The van der Waals surface area contributed by atoms with E-state index in [2.05, 4.69) is 11.4 Å². The van der Waals surface area contributed by atoms with Gasteiger partial charge < -0.3 is 24.3 Å². The summed E-state index contributed by atoms with van der Waals surface area (Å²) in [6.45, 7) is -0.496. The van der Waals surface area contributed by atoms with E-state index in [-0.39, 0.29) is 11.3 Å². The Hall–Kier alpha value is -3.25.